The van der Waals surface area contributed by atoms with Crippen LogP contribution in [0, 0.1) is 11.3 Å². The molecule has 0 saturated heterocycles. The van der Waals surface area contributed by atoms with Crippen molar-refractivity contribution in [2.75, 3.05) is 7.11 Å². The average molecular weight is 399 g/mol. The van der Waals surface area contributed by atoms with Gasteiger partial charge in [0.2, 0.25) is 0 Å². The van der Waals surface area contributed by atoms with Crippen LogP contribution in [0.5, 0.6) is 5.75 Å². The van der Waals surface area contributed by atoms with E-state index in [0.717, 1.165) is 5.56 Å². The quantitative estimate of drug-likeness (QED) is 0.438. The summed E-state index contributed by atoms with van der Waals surface area (Å²) >= 11 is 6.04. The second-order valence-corrected chi connectivity index (χ2v) is 6.21. The number of halogens is 1. The number of nitriles is 1. The highest BCUT2D eigenvalue weighted by Crippen LogP contribution is 2.16. The number of ether oxygens (including phenoxy) is 2. The third-order valence-corrected chi connectivity index (χ3v) is 4.18. The Hall–Kier alpha value is -3.30. The number of hydrogen-bond acceptors (Lipinski definition) is 5. The smallest absolute Gasteiger partial charge is 0.349 e. The lowest BCUT2D eigenvalue weighted by Gasteiger charge is -2.13. The molecule has 2 aromatic rings. The van der Waals surface area contributed by atoms with Crippen molar-refractivity contribution in [2.24, 2.45) is 0 Å². The predicted molar refractivity (Wildman–Crippen MR) is 105 cm³/mol. The first-order valence-corrected chi connectivity index (χ1v) is 8.80. The van der Waals surface area contributed by atoms with Crippen molar-refractivity contribution in [1.82, 2.24) is 5.32 Å². The molecule has 0 bridgehead atoms. The van der Waals surface area contributed by atoms with Crippen molar-refractivity contribution in [3.63, 3.8) is 0 Å². The third-order valence-electron chi connectivity index (χ3n) is 3.81. The molecule has 1 amide bonds. The number of methoxy groups -OCH3 is 1. The van der Waals surface area contributed by atoms with Gasteiger partial charge in [-0.1, -0.05) is 41.9 Å². The van der Waals surface area contributed by atoms with Crippen molar-refractivity contribution in [3.8, 4) is 11.8 Å². The molecule has 0 unspecified atom stereocenters. The monoisotopic (exact) mass is 398 g/mol. The molecule has 28 heavy (non-hydrogen) atoms. The van der Waals surface area contributed by atoms with Gasteiger partial charge in [0, 0.05) is 11.6 Å². The Bertz CT molecular complexity index is 934. The van der Waals surface area contributed by atoms with Crippen LogP contribution in [-0.4, -0.2) is 25.1 Å². The summed E-state index contributed by atoms with van der Waals surface area (Å²) in [5.74, 6) is -0.788. The van der Waals surface area contributed by atoms with E-state index >= 15 is 0 Å². The Morgan fingerprint density at radius 2 is 2.00 bits per heavy atom. The Labute approximate surface area is 168 Å². The van der Waals surface area contributed by atoms with Crippen LogP contribution in [0.4, 0.5) is 0 Å². The van der Waals surface area contributed by atoms with E-state index < -0.39 is 18.0 Å². The van der Waals surface area contributed by atoms with Crippen LogP contribution in [-0.2, 0) is 20.9 Å². The Balaban J connectivity index is 1.99. The van der Waals surface area contributed by atoms with Gasteiger partial charge >= 0.3 is 5.97 Å². The fourth-order valence-corrected chi connectivity index (χ4v) is 2.48. The SMILES string of the molecule is COc1cccc(/C=C(\C#N)C(=O)O[C@H](C)C(=O)NCc2ccccc2Cl)c1. The van der Waals surface area contributed by atoms with Gasteiger partial charge in [-0.25, -0.2) is 4.79 Å². The van der Waals surface area contributed by atoms with Crippen LogP contribution >= 0.6 is 11.6 Å². The van der Waals surface area contributed by atoms with Crippen LogP contribution in [0.15, 0.2) is 54.1 Å². The molecule has 0 radical (unpaired) electrons. The van der Waals surface area contributed by atoms with Crippen LogP contribution in [0.1, 0.15) is 18.1 Å². The van der Waals surface area contributed by atoms with E-state index in [2.05, 4.69) is 5.32 Å². The van der Waals surface area contributed by atoms with Crippen LogP contribution in [0.3, 0.4) is 0 Å². The number of nitrogens with zero attached hydrogens (tertiary/aromatic N) is 1. The molecule has 0 aliphatic carbocycles. The molecule has 0 aliphatic rings. The number of benzene rings is 2. The number of esters is 1. The Morgan fingerprint density at radius 3 is 2.68 bits per heavy atom. The summed E-state index contributed by atoms with van der Waals surface area (Å²) in [6.45, 7) is 1.63. The second-order valence-electron chi connectivity index (χ2n) is 5.80. The summed E-state index contributed by atoms with van der Waals surface area (Å²) in [4.78, 5) is 24.4. The molecule has 1 atom stereocenters. The zero-order chi connectivity index (χ0) is 20.5. The summed E-state index contributed by atoms with van der Waals surface area (Å²) in [7, 11) is 1.52. The lowest BCUT2D eigenvalue weighted by molar-refractivity contribution is -0.150. The standard InChI is InChI=1S/C21H19ClN2O4/c1-14(20(25)24-13-16-7-3-4-9-19(16)22)28-21(26)17(12-23)10-15-6-5-8-18(11-15)27-2/h3-11,14H,13H2,1-2H3,(H,24,25)/b17-10+/t14-/m1/s1. The number of hydrogen-bond donors (Lipinski definition) is 1. The van der Waals surface area contributed by atoms with Gasteiger partial charge in [-0.2, -0.15) is 5.26 Å². The number of rotatable bonds is 7. The van der Waals surface area contributed by atoms with Gasteiger partial charge in [-0.3, -0.25) is 4.79 Å². The molecule has 2 rings (SSSR count). The highest BCUT2D eigenvalue weighted by molar-refractivity contribution is 6.31. The Kier molecular flexibility index (Phi) is 7.61. The minimum atomic E-state index is -1.07. The first-order chi connectivity index (χ1) is 13.4. The van der Waals surface area contributed by atoms with Crippen molar-refractivity contribution in [3.05, 3.63) is 70.3 Å². The maximum Gasteiger partial charge on any atom is 0.349 e. The minimum Gasteiger partial charge on any atom is -0.497 e. The molecule has 0 heterocycles. The van der Waals surface area contributed by atoms with E-state index in [9.17, 15) is 14.9 Å². The maximum absolute atomic E-state index is 12.2. The van der Waals surface area contributed by atoms with Crippen molar-refractivity contribution >= 4 is 29.6 Å². The molecule has 0 aliphatic heterocycles. The molecular weight excluding hydrogens is 380 g/mol. The normalized spacial score (nSPS) is 11.9. The topological polar surface area (TPSA) is 88.4 Å². The van der Waals surface area contributed by atoms with Gasteiger partial charge in [0.1, 0.15) is 17.4 Å². The van der Waals surface area contributed by atoms with E-state index in [1.165, 1.54) is 20.1 Å². The highest BCUT2D eigenvalue weighted by Gasteiger charge is 2.20. The number of carbonyl (C=O) groups is 2. The fraction of sp³-hybridized carbons (Fsp3) is 0.190. The summed E-state index contributed by atoms with van der Waals surface area (Å²) in [5.41, 5.74) is 1.12. The van der Waals surface area contributed by atoms with E-state index in [1.54, 1.807) is 54.6 Å². The zero-order valence-corrected chi connectivity index (χ0v) is 16.2. The highest BCUT2D eigenvalue weighted by atomic mass is 35.5. The molecule has 7 heteroatoms. The third kappa shape index (κ3) is 5.86. The molecule has 0 saturated carbocycles. The number of amides is 1. The minimum absolute atomic E-state index is 0.200. The van der Waals surface area contributed by atoms with Crippen molar-refractivity contribution < 1.29 is 19.1 Å². The van der Waals surface area contributed by atoms with Gasteiger partial charge in [-0.05, 0) is 42.3 Å². The molecule has 144 valence electrons. The molecule has 2 aromatic carbocycles. The molecule has 0 aromatic heterocycles. The maximum atomic E-state index is 12.2. The first-order valence-electron chi connectivity index (χ1n) is 8.42. The number of carbonyl (C=O) groups excluding carboxylic acids is 2. The van der Waals surface area contributed by atoms with E-state index in [-0.39, 0.29) is 12.1 Å². The summed E-state index contributed by atoms with van der Waals surface area (Å²) in [6, 6.07) is 15.7. The molecule has 0 spiro atoms. The van der Waals surface area contributed by atoms with E-state index in [4.69, 9.17) is 21.1 Å². The molecule has 6 nitrogen and oxygen atoms in total. The van der Waals surface area contributed by atoms with Crippen LogP contribution < -0.4 is 10.1 Å². The predicted octanol–water partition coefficient (Wildman–Crippen LogP) is 3.50. The average Bonchev–Trinajstić information content (AvgIpc) is 2.71. The zero-order valence-electron chi connectivity index (χ0n) is 15.4. The van der Waals surface area contributed by atoms with Crippen molar-refractivity contribution in [2.45, 2.75) is 19.6 Å². The Morgan fingerprint density at radius 1 is 1.25 bits per heavy atom. The first kappa shape index (κ1) is 21.0. The molecular formula is C21H19ClN2O4. The lowest BCUT2D eigenvalue weighted by Crippen LogP contribution is -2.35. The fourth-order valence-electron chi connectivity index (χ4n) is 2.28. The molecule has 0 fully saturated rings. The summed E-state index contributed by atoms with van der Waals surface area (Å²) in [6.07, 6.45) is 0.302. The van der Waals surface area contributed by atoms with Gasteiger partial charge in [0.05, 0.1) is 7.11 Å². The largest absolute Gasteiger partial charge is 0.497 e. The van der Waals surface area contributed by atoms with Gasteiger partial charge in [0.15, 0.2) is 6.10 Å². The van der Waals surface area contributed by atoms with E-state index in [1.807, 2.05) is 0 Å². The molecule has 1 N–H and O–H groups in total. The summed E-state index contributed by atoms with van der Waals surface area (Å²) in [5, 5.41) is 12.4. The summed E-state index contributed by atoms with van der Waals surface area (Å²) < 4.78 is 10.2. The number of nitrogens with one attached hydrogen (secondary N) is 1. The van der Waals surface area contributed by atoms with Gasteiger partial charge < -0.3 is 14.8 Å². The van der Waals surface area contributed by atoms with Gasteiger partial charge in [0.25, 0.3) is 5.91 Å². The van der Waals surface area contributed by atoms with Gasteiger partial charge in [-0.15, -0.1) is 0 Å². The van der Waals surface area contributed by atoms with Crippen LogP contribution in [0.25, 0.3) is 6.08 Å². The van der Waals surface area contributed by atoms with Crippen LogP contribution in [0.2, 0.25) is 5.02 Å². The second kappa shape index (κ2) is 10.1. The lowest BCUT2D eigenvalue weighted by atomic mass is 10.1. The van der Waals surface area contributed by atoms with Crippen molar-refractivity contribution in [1.29, 1.82) is 5.26 Å². The van der Waals surface area contributed by atoms with E-state index in [0.29, 0.717) is 16.3 Å².